The Bertz CT molecular complexity index is 528. The van der Waals surface area contributed by atoms with Gasteiger partial charge >= 0.3 is 0 Å². The summed E-state index contributed by atoms with van der Waals surface area (Å²) in [6.45, 7) is 6.60. The zero-order valence-corrected chi connectivity index (χ0v) is 13.1. The predicted molar refractivity (Wildman–Crippen MR) is 81.4 cm³/mol. The van der Waals surface area contributed by atoms with Crippen molar-refractivity contribution in [2.75, 3.05) is 39.4 Å². The lowest BCUT2D eigenvalue weighted by atomic mass is 10.1. The molecule has 1 aromatic carbocycles. The molecule has 0 bridgehead atoms. The van der Waals surface area contributed by atoms with Gasteiger partial charge < -0.3 is 15.2 Å². The van der Waals surface area contributed by atoms with Crippen molar-refractivity contribution in [1.29, 1.82) is 0 Å². The van der Waals surface area contributed by atoms with Crippen molar-refractivity contribution < 1.29 is 19.0 Å². The topological polar surface area (TPSA) is 61.8 Å². The highest BCUT2D eigenvalue weighted by Crippen LogP contribution is 2.13. The van der Waals surface area contributed by atoms with Crippen molar-refractivity contribution in [3.8, 4) is 0 Å². The van der Waals surface area contributed by atoms with Crippen LogP contribution in [0.25, 0.3) is 0 Å². The number of aryl methyl sites for hydroxylation is 1. The maximum atomic E-state index is 13.9. The molecule has 6 heteroatoms. The minimum absolute atomic E-state index is 0.00201. The van der Waals surface area contributed by atoms with E-state index in [1.165, 1.54) is 6.07 Å². The molecule has 1 heterocycles. The molecule has 0 aromatic heterocycles. The lowest BCUT2D eigenvalue weighted by molar-refractivity contribution is -0.0213. The summed E-state index contributed by atoms with van der Waals surface area (Å²) in [5.41, 5.74) is -0.650. The fourth-order valence-electron chi connectivity index (χ4n) is 2.49. The molecule has 1 aliphatic heterocycles. The largest absolute Gasteiger partial charge is 0.387 e. The van der Waals surface area contributed by atoms with Gasteiger partial charge in [0.15, 0.2) is 0 Å². The summed E-state index contributed by atoms with van der Waals surface area (Å²) in [5.74, 6) is -1.03. The molecule has 122 valence electrons. The van der Waals surface area contributed by atoms with E-state index in [0.29, 0.717) is 25.3 Å². The van der Waals surface area contributed by atoms with Gasteiger partial charge in [0.2, 0.25) is 0 Å². The molecule has 0 spiro atoms. The van der Waals surface area contributed by atoms with E-state index in [2.05, 4.69) is 10.2 Å². The number of nitrogens with one attached hydrogen (secondary N) is 1. The van der Waals surface area contributed by atoms with E-state index in [-0.39, 0.29) is 12.1 Å². The van der Waals surface area contributed by atoms with Gasteiger partial charge in [-0.2, -0.15) is 0 Å². The second-order valence-corrected chi connectivity index (χ2v) is 6.00. The van der Waals surface area contributed by atoms with E-state index < -0.39 is 17.3 Å². The standard InChI is InChI=1S/C16H23FN2O3/c1-12-4-3-5-13(14(12)17)15(20)18-10-16(2,21)11-19-6-8-22-9-7-19/h3-5,21H,6-11H2,1-2H3,(H,18,20). The van der Waals surface area contributed by atoms with Gasteiger partial charge in [-0.3, -0.25) is 9.69 Å². The zero-order chi connectivity index (χ0) is 16.2. The molecule has 1 aromatic rings. The Kier molecular flexibility index (Phi) is 5.50. The predicted octanol–water partition coefficient (Wildman–Crippen LogP) is 0.947. The van der Waals surface area contributed by atoms with Gasteiger partial charge in [0, 0.05) is 26.2 Å². The summed E-state index contributed by atoms with van der Waals surface area (Å²) >= 11 is 0. The number of benzene rings is 1. The van der Waals surface area contributed by atoms with Crippen molar-refractivity contribution in [3.05, 3.63) is 35.1 Å². The first-order chi connectivity index (χ1) is 10.4. The molecule has 0 radical (unpaired) electrons. The fourth-order valence-corrected chi connectivity index (χ4v) is 2.49. The lowest BCUT2D eigenvalue weighted by Crippen LogP contribution is -2.51. The molecule has 1 saturated heterocycles. The molecule has 1 atom stereocenters. The average molecular weight is 310 g/mol. The number of ether oxygens (including phenoxy) is 1. The van der Waals surface area contributed by atoms with Crippen LogP contribution in [-0.2, 0) is 4.74 Å². The summed E-state index contributed by atoms with van der Waals surface area (Å²) < 4.78 is 19.2. The highest BCUT2D eigenvalue weighted by atomic mass is 19.1. The fraction of sp³-hybridized carbons (Fsp3) is 0.562. The van der Waals surface area contributed by atoms with Crippen molar-refractivity contribution in [2.24, 2.45) is 0 Å². The third-order valence-corrected chi connectivity index (χ3v) is 3.73. The van der Waals surface area contributed by atoms with Crippen LogP contribution in [0.1, 0.15) is 22.8 Å². The number of morpholine rings is 1. The van der Waals surface area contributed by atoms with Gasteiger partial charge in [0.05, 0.1) is 24.4 Å². The van der Waals surface area contributed by atoms with Crippen LogP contribution in [-0.4, -0.2) is 60.9 Å². The molecular weight excluding hydrogens is 287 g/mol. The maximum absolute atomic E-state index is 13.9. The van der Waals surface area contributed by atoms with E-state index in [0.717, 1.165) is 13.1 Å². The third-order valence-electron chi connectivity index (χ3n) is 3.73. The molecule has 1 amide bonds. The third kappa shape index (κ3) is 4.50. The molecule has 5 nitrogen and oxygen atoms in total. The van der Waals surface area contributed by atoms with E-state index in [1.807, 2.05) is 0 Å². The number of carbonyl (C=O) groups is 1. The van der Waals surface area contributed by atoms with Crippen LogP contribution >= 0.6 is 0 Å². The molecule has 2 rings (SSSR count). The van der Waals surface area contributed by atoms with E-state index >= 15 is 0 Å². The van der Waals surface area contributed by atoms with Crippen molar-refractivity contribution in [1.82, 2.24) is 10.2 Å². The number of amides is 1. The van der Waals surface area contributed by atoms with Crippen LogP contribution < -0.4 is 5.32 Å². The summed E-state index contributed by atoms with van der Waals surface area (Å²) in [6, 6.07) is 4.69. The first kappa shape index (κ1) is 16.9. The van der Waals surface area contributed by atoms with Crippen LogP contribution in [0.2, 0.25) is 0 Å². The first-order valence-corrected chi connectivity index (χ1v) is 7.45. The van der Waals surface area contributed by atoms with Crippen LogP contribution in [0.4, 0.5) is 4.39 Å². The summed E-state index contributed by atoms with van der Waals surface area (Å²) in [4.78, 5) is 14.1. The number of nitrogens with zero attached hydrogens (tertiary/aromatic N) is 1. The minimum atomic E-state index is -1.08. The molecular formula is C16H23FN2O3. The monoisotopic (exact) mass is 310 g/mol. The van der Waals surface area contributed by atoms with Crippen molar-refractivity contribution in [3.63, 3.8) is 0 Å². The number of rotatable bonds is 5. The summed E-state index contributed by atoms with van der Waals surface area (Å²) in [6.07, 6.45) is 0. The maximum Gasteiger partial charge on any atom is 0.254 e. The first-order valence-electron chi connectivity index (χ1n) is 7.45. The zero-order valence-electron chi connectivity index (χ0n) is 13.1. The Morgan fingerprint density at radius 1 is 1.45 bits per heavy atom. The molecule has 2 N–H and O–H groups in total. The molecule has 0 aliphatic carbocycles. The SMILES string of the molecule is Cc1cccc(C(=O)NCC(C)(O)CN2CCOCC2)c1F. The summed E-state index contributed by atoms with van der Waals surface area (Å²) in [7, 11) is 0. The van der Waals surface area contributed by atoms with Gasteiger partial charge in [-0.25, -0.2) is 4.39 Å². The van der Waals surface area contributed by atoms with Crippen LogP contribution in [0, 0.1) is 12.7 Å². The van der Waals surface area contributed by atoms with Gasteiger partial charge in [-0.1, -0.05) is 12.1 Å². The molecule has 22 heavy (non-hydrogen) atoms. The average Bonchev–Trinajstić information content (AvgIpc) is 2.48. The number of hydrogen-bond donors (Lipinski definition) is 2. The van der Waals surface area contributed by atoms with E-state index in [4.69, 9.17) is 4.74 Å². The minimum Gasteiger partial charge on any atom is -0.387 e. The van der Waals surface area contributed by atoms with Crippen molar-refractivity contribution in [2.45, 2.75) is 19.4 Å². The Balaban J connectivity index is 1.90. The Hall–Kier alpha value is -1.50. The second kappa shape index (κ2) is 7.17. The van der Waals surface area contributed by atoms with Crippen LogP contribution in [0.5, 0.6) is 0 Å². The Labute approximate surface area is 130 Å². The molecule has 0 saturated carbocycles. The lowest BCUT2D eigenvalue weighted by Gasteiger charge is -2.33. The highest BCUT2D eigenvalue weighted by Gasteiger charge is 2.26. The smallest absolute Gasteiger partial charge is 0.254 e. The van der Waals surface area contributed by atoms with Crippen molar-refractivity contribution >= 4 is 5.91 Å². The normalized spacial score (nSPS) is 18.7. The second-order valence-electron chi connectivity index (χ2n) is 6.00. The van der Waals surface area contributed by atoms with Crippen LogP contribution in [0.3, 0.4) is 0 Å². The summed E-state index contributed by atoms with van der Waals surface area (Å²) in [5, 5.41) is 13.0. The highest BCUT2D eigenvalue weighted by molar-refractivity contribution is 5.94. The van der Waals surface area contributed by atoms with E-state index in [9.17, 15) is 14.3 Å². The Morgan fingerprint density at radius 3 is 2.82 bits per heavy atom. The number of aliphatic hydroxyl groups is 1. The van der Waals surface area contributed by atoms with Crippen LogP contribution in [0.15, 0.2) is 18.2 Å². The van der Waals surface area contributed by atoms with Gasteiger partial charge in [0.1, 0.15) is 5.82 Å². The van der Waals surface area contributed by atoms with Gasteiger partial charge in [-0.05, 0) is 25.5 Å². The van der Waals surface area contributed by atoms with E-state index in [1.54, 1.807) is 26.0 Å². The molecule has 1 aliphatic rings. The quantitative estimate of drug-likeness (QED) is 0.850. The molecule has 1 unspecified atom stereocenters. The number of halogens is 1. The van der Waals surface area contributed by atoms with Gasteiger partial charge in [-0.15, -0.1) is 0 Å². The van der Waals surface area contributed by atoms with Gasteiger partial charge in [0.25, 0.3) is 5.91 Å². The number of hydrogen-bond acceptors (Lipinski definition) is 4. The number of β-amino-alcohol motifs (C(OH)–C–C–N with tert-alkyl or cyclic N) is 1. The number of carbonyl (C=O) groups excluding carboxylic acids is 1. The molecule has 1 fully saturated rings. The Morgan fingerprint density at radius 2 is 2.14 bits per heavy atom.